The van der Waals surface area contributed by atoms with E-state index in [1.807, 2.05) is 0 Å². The van der Waals surface area contributed by atoms with Gasteiger partial charge in [-0.2, -0.15) is 5.10 Å². The summed E-state index contributed by atoms with van der Waals surface area (Å²) in [7, 11) is 0. The maximum absolute atomic E-state index is 11.8. The third-order valence-electron chi connectivity index (χ3n) is 2.50. The number of hydrogen-bond donors (Lipinski definition) is 2. The highest BCUT2D eigenvalue weighted by atomic mass is 35.5. The summed E-state index contributed by atoms with van der Waals surface area (Å²) in [6.07, 6.45) is 1.37. The van der Waals surface area contributed by atoms with Crippen LogP contribution in [0.3, 0.4) is 0 Å². The average molecular weight is 340 g/mol. The van der Waals surface area contributed by atoms with Gasteiger partial charge in [-0.05, 0) is 19.9 Å². The van der Waals surface area contributed by atoms with Gasteiger partial charge in [0.05, 0.1) is 19.4 Å². The van der Waals surface area contributed by atoms with Gasteiger partial charge in [0.15, 0.2) is 11.4 Å². The minimum absolute atomic E-state index is 0.109. The van der Waals surface area contributed by atoms with Crippen molar-refractivity contribution >= 4 is 29.6 Å². The molecular formula is C15H18ClN3O4. The number of carbonyl (C=O) groups excluding carboxylic acids is 1. The third kappa shape index (κ3) is 5.63. The summed E-state index contributed by atoms with van der Waals surface area (Å²) in [5.74, 6) is -1.86. The van der Waals surface area contributed by atoms with Crippen LogP contribution in [-0.2, 0) is 14.3 Å². The highest BCUT2D eigenvalue weighted by Gasteiger charge is 2.22. The normalized spacial score (nSPS) is 12.9. The number of rotatable bonds is 7. The summed E-state index contributed by atoms with van der Waals surface area (Å²) in [6.45, 7) is 3.51. The van der Waals surface area contributed by atoms with Gasteiger partial charge in [0, 0.05) is 10.6 Å². The summed E-state index contributed by atoms with van der Waals surface area (Å²) in [5.41, 5.74) is 5.93. The topological polar surface area (TPSA) is 106 Å². The molecule has 0 radical (unpaired) electrons. The first-order chi connectivity index (χ1) is 11.0. The van der Waals surface area contributed by atoms with Crippen molar-refractivity contribution in [1.82, 2.24) is 0 Å². The van der Waals surface area contributed by atoms with Gasteiger partial charge in [-0.25, -0.2) is 4.79 Å². The molecule has 1 rings (SSSR count). The minimum Gasteiger partial charge on any atom is -0.480 e. The van der Waals surface area contributed by atoms with Gasteiger partial charge >= 0.3 is 5.97 Å². The molecule has 0 atom stereocenters. The Balaban J connectivity index is 3.05. The van der Waals surface area contributed by atoms with E-state index in [-0.39, 0.29) is 24.6 Å². The predicted octanol–water partition coefficient (Wildman–Crippen LogP) is 2.40. The van der Waals surface area contributed by atoms with Crippen LogP contribution in [0.25, 0.3) is 0 Å². The molecule has 0 aliphatic carbocycles. The van der Waals surface area contributed by atoms with E-state index < -0.39 is 11.9 Å². The van der Waals surface area contributed by atoms with Gasteiger partial charge in [-0.3, -0.25) is 0 Å². The fourth-order valence-corrected chi connectivity index (χ4v) is 1.68. The van der Waals surface area contributed by atoms with Crippen molar-refractivity contribution in [2.45, 2.75) is 13.8 Å². The second-order valence-electron chi connectivity index (χ2n) is 4.08. The van der Waals surface area contributed by atoms with Crippen LogP contribution in [-0.4, -0.2) is 36.3 Å². The fraction of sp³-hybridized carbons (Fsp3) is 0.267. The summed E-state index contributed by atoms with van der Waals surface area (Å²) < 4.78 is 9.68. The summed E-state index contributed by atoms with van der Waals surface area (Å²) in [6, 6.07) is 6.99. The Bertz CT molecular complexity index is 641. The van der Waals surface area contributed by atoms with Gasteiger partial charge in [0.2, 0.25) is 0 Å². The molecule has 0 unspecified atom stereocenters. The Kier molecular flexibility index (Phi) is 7.62. The number of nitrogens with two attached hydrogens (primary N) is 1. The first kappa shape index (κ1) is 18.5. The van der Waals surface area contributed by atoms with Crippen LogP contribution >= 0.6 is 11.6 Å². The standard InChI is InChI=1S/C15H18ClN3O4/c1-3-22-14(20)12(15(21)23-4-2)13(17)19-18-9-10-7-5-6-8-11(10)16/h5-9,20H,3-4H2,1-2H3,(H2,17,19)/b14-12-,18-9-. The third-order valence-corrected chi connectivity index (χ3v) is 2.84. The second-order valence-corrected chi connectivity index (χ2v) is 4.49. The van der Waals surface area contributed by atoms with Crippen LogP contribution in [0.2, 0.25) is 5.02 Å². The number of aliphatic hydroxyl groups excluding tert-OH is 1. The Hall–Kier alpha value is -2.54. The lowest BCUT2D eigenvalue weighted by Gasteiger charge is -2.08. The number of hydrogen-bond acceptors (Lipinski definition) is 6. The van der Waals surface area contributed by atoms with E-state index in [9.17, 15) is 9.90 Å². The van der Waals surface area contributed by atoms with Crippen LogP contribution in [0.15, 0.2) is 46.0 Å². The molecule has 23 heavy (non-hydrogen) atoms. The summed E-state index contributed by atoms with van der Waals surface area (Å²) in [4.78, 5) is 11.8. The lowest BCUT2D eigenvalue weighted by Crippen LogP contribution is -2.25. The Labute approximate surface area is 139 Å². The van der Waals surface area contributed by atoms with E-state index in [2.05, 4.69) is 10.2 Å². The van der Waals surface area contributed by atoms with Gasteiger partial charge in [0.1, 0.15) is 0 Å². The number of nitrogens with zero attached hydrogens (tertiary/aromatic N) is 2. The first-order valence-corrected chi connectivity index (χ1v) is 7.23. The van der Waals surface area contributed by atoms with Gasteiger partial charge < -0.3 is 20.3 Å². The lowest BCUT2D eigenvalue weighted by molar-refractivity contribution is -0.138. The smallest absolute Gasteiger partial charge is 0.349 e. The SMILES string of the molecule is CCOC(=O)C(=C(/O)OCC)/C(N)=N\N=C/c1ccccc1Cl. The lowest BCUT2D eigenvalue weighted by atomic mass is 10.2. The van der Waals surface area contributed by atoms with Crippen molar-refractivity contribution < 1.29 is 19.4 Å². The van der Waals surface area contributed by atoms with Crippen LogP contribution in [0.5, 0.6) is 0 Å². The van der Waals surface area contributed by atoms with E-state index in [1.165, 1.54) is 6.21 Å². The highest BCUT2D eigenvalue weighted by Crippen LogP contribution is 2.12. The molecule has 0 fully saturated rings. The van der Waals surface area contributed by atoms with Crippen molar-refractivity contribution in [1.29, 1.82) is 0 Å². The molecule has 0 spiro atoms. The molecule has 0 saturated carbocycles. The zero-order valence-electron chi connectivity index (χ0n) is 12.8. The van der Waals surface area contributed by atoms with E-state index in [0.717, 1.165) is 0 Å². The van der Waals surface area contributed by atoms with Gasteiger partial charge in [0.25, 0.3) is 5.95 Å². The monoisotopic (exact) mass is 339 g/mol. The number of carbonyl (C=O) groups is 1. The number of benzene rings is 1. The van der Waals surface area contributed by atoms with Crippen molar-refractivity contribution in [2.75, 3.05) is 13.2 Å². The van der Waals surface area contributed by atoms with E-state index in [0.29, 0.717) is 10.6 Å². The number of ether oxygens (including phenoxy) is 2. The Morgan fingerprint density at radius 2 is 1.96 bits per heavy atom. The average Bonchev–Trinajstić information content (AvgIpc) is 2.50. The van der Waals surface area contributed by atoms with E-state index in [1.54, 1.807) is 38.1 Å². The zero-order chi connectivity index (χ0) is 17.2. The molecule has 0 heterocycles. The van der Waals surface area contributed by atoms with E-state index in [4.69, 9.17) is 26.8 Å². The molecule has 0 saturated heterocycles. The molecule has 0 aromatic heterocycles. The number of esters is 1. The van der Waals surface area contributed by atoms with Crippen LogP contribution < -0.4 is 5.73 Å². The van der Waals surface area contributed by atoms with Crippen LogP contribution in [0, 0.1) is 0 Å². The fourth-order valence-electron chi connectivity index (χ4n) is 1.50. The minimum atomic E-state index is -0.854. The molecule has 3 N–H and O–H groups in total. The molecule has 1 aromatic rings. The largest absolute Gasteiger partial charge is 0.480 e. The van der Waals surface area contributed by atoms with Crippen LogP contribution in [0.4, 0.5) is 0 Å². The quantitative estimate of drug-likeness (QED) is 0.198. The molecule has 8 heteroatoms. The van der Waals surface area contributed by atoms with Crippen molar-refractivity contribution in [3.63, 3.8) is 0 Å². The molecule has 0 amide bonds. The Morgan fingerprint density at radius 3 is 2.57 bits per heavy atom. The summed E-state index contributed by atoms with van der Waals surface area (Å²) >= 11 is 5.97. The highest BCUT2D eigenvalue weighted by molar-refractivity contribution is 6.33. The van der Waals surface area contributed by atoms with Crippen LogP contribution in [0.1, 0.15) is 19.4 Å². The van der Waals surface area contributed by atoms with Crippen molar-refractivity contribution in [3.8, 4) is 0 Å². The molecule has 124 valence electrons. The predicted molar refractivity (Wildman–Crippen MR) is 88.6 cm³/mol. The zero-order valence-corrected chi connectivity index (χ0v) is 13.6. The number of amidine groups is 1. The molecule has 7 nitrogen and oxygen atoms in total. The summed E-state index contributed by atoms with van der Waals surface area (Å²) in [5, 5.41) is 17.7. The van der Waals surface area contributed by atoms with Gasteiger partial charge in [-0.15, -0.1) is 5.10 Å². The molecule has 0 aliphatic heterocycles. The molecule has 0 bridgehead atoms. The molecule has 1 aromatic carbocycles. The molecular weight excluding hydrogens is 322 g/mol. The number of aliphatic hydroxyl groups is 1. The van der Waals surface area contributed by atoms with E-state index >= 15 is 0 Å². The maximum Gasteiger partial charge on any atom is 0.349 e. The van der Waals surface area contributed by atoms with Crippen molar-refractivity contribution in [3.05, 3.63) is 46.4 Å². The maximum atomic E-state index is 11.8. The second kappa shape index (κ2) is 9.47. The molecule has 0 aliphatic rings. The van der Waals surface area contributed by atoms with Crippen molar-refractivity contribution in [2.24, 2.45) is 15.9 Å². The Morgan fingerprint density at radius 1 is 1.30 bits per heavy atom. The first-order valence-electron chi connectivity index (χ1n) is 6.85. The number of halogens is 1. The van der Waals surface area contributed by atoms with Gasteiger partial charge in [-0.1, -0.05) is 29.8 Å².